The molecule has 7 unspecified atom stereocenters. The van der Waals surface area contributed by atoms with E-state index in [1.807, 2.05) is 6.08 Å². The minimum Gasteiger partial charge on any atom is -0.394 e. The summed E-state index contributed by atoms with van der Waals surface area (Å²) in [5, 5.41) is 54.4. The van der Waals surface area contributed by atoms with Gasteiger partial charge >= 0.3 is 0 Å². The van der Waals surface area contributed by atoms with Gasteiger partial charge in [0.1, 0.15) is 24.4 Å². The minimum absolute atomic E-state index is 0.178. The molecule has 9 heteroatoms. The maximum Gasteiger partial charge on any atom is 0.220 e. The molecule has 1 aliphatic rings. The van der Waals surface area contributed by atoms with Crippen molar-refractivity contribution in [2.45, 2.75) is 301 Å². The van der Waals surface area contributed by atoms with Gasteiger partial charge in [0.25, 0.3) is 0 Å². The number of amides is 1. The molecule has 0 spiro atoms. The zero-order valence-electron chi connectivity index (χ0n) is 41.1. The van der Waals surface area contributed by atoms with Gasteiger partial charge in [0.2, 0.25) is 5.91 Å². The highest BCUT2D eigenvalue weighted by molar-refractivity contribution is 5.76. The molecule has 1 saturated heterocycles. The standard InChI is InChI=1S/C54H103NO8/c1-3-5-7-9-11-13-15-17-19-21-23-25-27-29-31-33-35-37-39-41-43-48(57)47(46-62-54-53(61)52(60)51(59)49(45-56)63-54)55-50(58)44-42-40-38-36-34-32-30-28-26-24-22-20-18-16-14-12-10-8-6-4-2/h24,26,41,43,47-49,51-54,56-57,59-61H,3-23,25,27-40,42,44-46H2,1-2H3,(H,55,58)/b26-24-,43-41+. The molecule has 372 valence electrons. The Kier molecular flexibility index (Phi) is 42.2. The number of carbonyl (C=O) groups is 1. The maximum absolute atomic E-state index is 13.0. The number of aliphatic hydroxyl groups is 5. The molecule has 1 amide bonds. The predicted molar refractivity (Wildman–Crippen MR) is 263 cm³/mol. The highest BCUT2D eigenvalue weighted by Gasteiger charge is 2.44. The van der Waals surface area contributed by atoms with Gasteiger partial charge in [-0.05, 0) is 44.9 Å². The van der Waals surface area contributed by atoms with Crippen molar-refractivity contribution < 1.29 is 39.8 Å². The van der Waals surface area contributed by atoms with Gasteiger partial charge in [0.15, 0.2) is 6.29 Å². The highest BCUT2D eigenvalue weighted by Crippen LogP contribution is 2.23. The quantitative estimate of drug-likeness (QED) is 0.0261. The van der Waals surface area contributed by atoms with Crippen LogP contribution in [-0.2, 0) is 14.3 Å². The second-order valence-electron chi connectivity index (χ2n) is 19.0. The number of hydrogen-bond acceptors (Lipinski definition) is 8. The molecule has 7 atom stereocenters. The summed E-state index contributed by atoms with van der Waals surface area (Å²) >= 11 is 0. The monoisotopic (exact) mass is 894 g/mol. The van der Waals surface area contributed by atoms with Crippen LogP contribution in [-0.4, -0.2) is 87.5 Å². The average molecular weight is 894 g/mol. The summed E-state index contributed by atoms with van der Waals surface area (Å²) < 4.78 is 11.3. The fourth-order valence-electron chi connectivity index (χ4n) is 8.68. The van der Waals surface area contributed by atoms with Gasteiger partial charge in [0, 0.05) is 6.42 Å². The van der Waals surface area contributed by atoms with Crippen LogP contribution in [0.1, 0.15) is 258 Å². The van der Waals surface area contributed by atoms with Crippen molar-refractivity contribution in [3.05, 3.63) is 24.3 Å². The van der Waals surface area contributed by atoms with Gasteiger partial charge in [-0.25, -0.2) is 0 Å². The number of rotatable bonds is 46. The van der Waals surface area contributed by atoms with Crippen LogP contribution >= 0.6 is 0 Å². The molecule has 6 N–H and O–H groups in total. The van der Waals surface area contributed by atoms with E-state index < -0.39 is 49.5 Å². The lowest BCUT2D eigenvalue weighted by Crippen LogP contribution is -2.60. The summed E-state index contributed by atoms with van der Waals surface area (Å²) in [6.07, 6.45) is 48.0. The molecule has 0 saturated carbocycles. The first kappa shape index (κ1) is 59.7. The van der Waals surface area contributed by atoms with E-state index in [0.717, 1.165) is 38.5 Å². The summed E-state index contributed by atoms with van der Waals surface area (Å²) in [6, 6.07) is -0.805. The lowest BCUT2D eigenvalue weighted by atomic mass is 9.99. The Morgan fingerprint density at radius 1 is 0.524 bits per heavy atom. The molecular weight excluding hydrogens is 791 g/mol. The Balaban J connectivity index is 2.27. The second-order valence-corrected chi connectivity index (χ2v) is 19.0. The fraction of sp³-hybridized carbons (Fsp3) is 0.907. The molecule has 0 bridgehead atoms. The van der Waals surface area contributed by atoms with Gasteiger partial charge in [-0.3, -0.25) is 4.79 Å². The molecule has 1 aliphatic heterocycles. The maximum atomic E-state index is 13.0. The summed E-state index contributed by atoms with van der Waals surface area (Å²) in [7, 11) is 0. The van der Waals surface area contributed by atoms with Gasteiger partial charge in [-0.15, -0.1) is 0 Å². The van der Waals surface area contributed by atoms with E-state index in [1.165, 1.54) is 199 Å². The summed E-state index contributed by atoms with van der Waals surface area (Å²) in [4.78, 5) is 13.0. The van der Waals surface area contributed by atoms with E-state index in [9.17, 15) is 30.3 Å². The van der Waals surface area contributed by atoms with Crippen LogP contribution in [0, 0.1) is 0 Å². The van der Waals surface area contributed by atoms with Crippen LogP contribution in [0.15, 0.2) is 24.3 Å². The Hall–Kier alpha value is -1.33. The third kappa shape index (κ3) is 34.6. The number of aliphatic hydroxyl groups excluding tert-OH is 5. The van der Waals surface area contributed by atoms with Crippen molar-refractivity contribution in [1.29, 1.82) is 0 Å². The topological polar surface area (TPSA) is 149 Å². The molecule has 0 radical (unpaired) electrons. The Morgan fingerprint density at radius 2 is 0.889 bits per heavy atom. The van der Waals surface area contributed by atoms with E-state index in [0.29, 0.717) is 6.42 Å². The van der Waals surface area contributed by atoms with E-state index in [4.69, 9.17) is 9.47 Å². The second kappa shape index (κ2) is 44.5. The van der Waals surface area contributed by atoms with Crippen LogP contribution in [0.2, 0.25) is 0 Å². The smallest absolute Gasteiger partial charge is 0.220 e. The molecule has 0 aliphatic carbocycles. The van der Waals surface area contributed by atoms with Crippen LogP contribution in [0.5, 0.6) is 0 Å². The van der Waals surface area contributed by atoms with Gasteiger partial charge in [-0.2, -0.15) is 0 Å². The zero-order chi connectivity index (χ0) is 45.9. The fourth-order valence-corrected chi connectivity index (χ4v) is 8.68. The van der Waals surface area contributed by atoms with Crippen molar-refractivity contribution in [3.8, 4) is 0 Å². The van der Waals surface area contributed by atoms with Crippen LogP contribution in [0.3, 0.4) is 0 Å². The number of carbonyl (C=O) groups excluding carboxylic acids is 1. The Labute approximate surface area is 388 Å². The molecule has 0 aromatic heterocycles. The van der Waals surface area contributed by atoms with E-state index in [1.54, 1.807) is 6.08 Å². The summed E-state index contributed by atoms with van der Waals surface area (Å²) in [5.74, 6) is -0.178. The molecule has 9 nitrogen and oxygen atoms in total. The number of unbranched alkanes of at least 4 members (excludes halogenated alkanes) is 34. The molecule has 63 heavy (non-hydrogen) atoms. The summed E-state index contributed by atoms with van der Waals surface area (Å²) in [5.41, 5.74) is 0. The van der Waals surface area contributed by atoms with E-state index in [-0.39, 0.29) is 12.5 Å². The largest absolute Gasteiger partial charge is 0.394 e. The predicted octanol–water partition coefficient (Wildman–Crippen LogP) is 12.6. The normalized spacial score (nSPS) is 20.3. The first-order valence-electron chi connectivity index (χ1n) is 27.1. The van der Waals surface area contributed by atoms with Crippen LogP contribution in [0.25, 0.3) is 0 Å². The van der Waals surface area contributed by atoms with Crippen LogP contribution < -0.4 is 5.32 Å². The van der Waals surface area contributed by atoms with Crippen molar-refractivity contribution >= 4 is 5.91 Å². The average Bonchev–Trinajstić information content (AvgIpc) is 3.28. The molecule has 1 fully saturated rings. The molecule has 0 aromatic carbocycles. The molecule has 0 aromatic rings. The zero-order valence-corrected chi connectivity index (χ0v) is 41.1. The number of ether oxygens (including phenoxy) is 2. The lowest BCUT2D eigenvalue weighted by molar-refractivity contribution is -0.302. The number of allylic oxidation sites excluding steroid dienone is 3. The van der Waals surface area contributed by atoms with Crippen LogP contribution in [0.4, 0.5) is 0 Å². The third-order valence-corrected chi connectivity index (χ3v) is 13.0. The third-order valence-electron chi connectivity index (χ3n) is 13.0. The van der Waals surface area contributed by atoms with Crippen molar-refractivity contribution in [2.75, 3.05) is 13.2 Å². The SMILES string of the molecule is CCCCCCCCCCC/C=C\CCCCCCCCCC(=O)NC(COC1OC(CO)C(O)C(O)C1O)C(O)/C=C/CCCCCCCCCCCCCCCCCCCC. The lowest BCUT2D eigenvalue weighted by Gasteiger charge is -2.40. The molecular formula is C54H103NO8. The Bertz CT molecular complexity index is 1040. The van der Waals surface area contributed by atoms with Crippen molar-refractivity contribution in [3.63, 3.8) is 0 Å². The number of hydrogen-bond donors (Lipinski definition) is 6. The highest BCUT2D eigenvalue weighted by atomic mass is 16.7. The van der Waals surface area contributed by atoms with Gasteiger partial charge in [0.05, 0.1) is 25.4 Å². The summed E-state index contributed by atoms with van der Waals surface area (Å²) in [6.45, 7) is 3.80. The first-order valence-corrected chi connectivity index (χ1v) is 27.1. The number of nitrogens with one attached hydrogen (secondary N) is 1. The van der Waals surface area contributed by atoms with Crippen molar-refractivity contribution in [2.24, 2.45) is 0 Å². The van der Waals surface area contributed by atoms with Gasteiger partial charge in [-0.1, -0.05) is 231 Å². The van der Waals surface area contributed by atoms with E-state index >= 15 is 0 Å². The van der Waals surface area contributed by atoms with Crippen molar-refractivity contribution in [1.82, 2.24) is 5.32 Å². The van der Waals surface area contributed by atoms with E-state index in [2.05, 4.69) is 31.3 Å². The first-order chi connectivity index (χ1) is 30.8. The molecule has 1 heterocycles. The Morgan fingerprint density at radius 3 is 1.29 bits per heavy atom. The van der Waals surface area contributed by atoms with Gasteiger partial charge < -0.3 is 40.3 Å². The minimum atomic E-state index is -1.57. The molecule has 1 rings (SSSR count).